The van der Waals surface area contributed by atoms with E-state index in [0.717, 1.165) is 11.8 Å². The number of ether oxygens (including phenoxy) is 1. The van der Waals surface area contributed by atoms with Crippen molar-refractivity contribution in [3.63, 3.8) is 0 Å². The molecule has 0 aliphatic carbocycles. The molecule has 3 rings (SSSR count). The maximum atomic E-state index is 13.9. The third kappa shape index (κ3) is 4.63. The van der Waals surface area contributed by atoms with Gasteiger partial charge in [0.25, 0.3) is 0 Å². The number of halogens is 3. The van der Waals surface area contributed by atoms with E-state index < -0.39 is 29.5 Å². The molecule has 0 bridgehead atoms. The van der Waals surface area contributed by atoms with Crippen molar-refractivity contribution in [2.24, 2.45) is 4.99 Å². The molecule has 0 spiro atoms. The zero-order chi connectivity index (χ0) is 22.8. The zero-order valence-electron chi connectivity index (χ0n) is 17.3. The van der Waals surface area contributed by atoms with Crippen molar-refractivity contribution in [2.45, 2.75) is 32.5 Å². The van der Waals surface area contributed by atoms with Gasteiger partial charge in [0.05, 0.1) is 24.6 Å². The van der Waals surface area contributed by atoms with Crippen LogP contribution in [0.5, 0.6) is 0 Å². The molecule has 2 heterocycles. The molecule has 0 saturated carbocycles. The maximum Gasteiger partial charge on any atom is 0.434 e. The lowest BCUT2D eigenvalue weighted by atomic mass is 9.93. The van der Waals surface area contributed by atoms with Crippen LogP contribution in [0.15, 0.2) is 57.7 Å². The lowest BCUT2D eigenvalue weighted by Crippen LogP contribution is -2.40. The van der Waals surface area contributed by atoms with Gasteiger partial charge in [0.1, 0.15) is 0 Å². The third-order valence-corrected chi connectivity index (χ3v) is 5.81. The minimum Gasteiger partial charge on any atom is -0.463 e. The highest BCUT2D eigenvalue weighted by molar-refractivity contribution is 8.16. The fourth-order valence-electron chi connectivity index (χ4n) is 3.31. The minimum atomic E-state index is -4.85. The summed E-state index contributed by atoms with van der Waals surface area (Å²) in [6, 6.07) is 7.25. The Morgan fingerprint density at radius 3 is 2.48 bits per heavy atom. The molecule has 0 radical (unpaired) electrons. The smallest absolute Gasteiger partial charge is 0.434 e. The summed E-state index contributed by atoms with van der Waals surface area (Å²) in [5.41, 5.74) is -0.922. The molecule has 1 aromatic rings. The summed E-state index contributed by atoms with van der Waals surface area (Å²) in [7, 11) is 1.65. The van der Waals surface area contributed by atoms with Crippen molar-refractivity contribution in [1.29, 1.82) is 0 Å². The molecule has 166 valence electrons. The number of carbonyl (C=O) groups excluding carboxylic acids is 2. The van der Waals surface area contributed by atoms with Gasteiger partial charge in [-0.05, 0) is 24.8 Å². The van der Waals surface area contributed by atoms with Crippen LogP contribution in [-0.4, -0.2) is 53.2 Å². The molecule has 1 aromatic carbocycles. The number of rotatable bonds is 6. The van der Waals surface area contributed by atoms with Crippen molar-refractivity contribution < 1.29 is 27.5 Å². The number of fused-ring (bicyclic) bond motifs is 1. The first-order valence-electron chi connectivity index (χ1n) is 9.70. The number of aliphatic imine (C=N–C) groups is 1. The Morgan fingerprint density at radius 1 is 1.23 bits per heavy atom. The summed E-state index contributed by atoms with van der Waals surface area (Å²) in [6.07, 6.45) is -4.88. The first-order chi connectivity index (χ1) is 14.7. The number of thioether (sulfide) groups is 1. The number of amides is 1. The second-order valence-electron chi connectivity index (χ2n) is 6.87. The average Bonchev–Trinajstić information content (AvgIpc) is 3.14. The first kappa shape index (κ1) is 22.9. The first-order valence-corrected chi connectivity index (χ1v) is 10.6. The highest BCUT2D eigenvalue weighted by atomic mass is 32.2. The summed E-state index contributed by atoms with van der Waals surface area (Å²) < 4.78 is 46.7. The van der Waals surface area contributed by atoms with Gasteiger partial charge >= 0.3 is 12.1 Å². The Kier molecular flexibility index (Phi) is 6.78. The Hall–Kier alpha value is -2.75. The van der Waals surface area contributed by atoms with E-state index in [2.05, 4.69) is 4.99 Å². The van der Waals surface area contributed by atoms with Crippen LogP contribution in [0.1, 0.15) is 31.9 Å². The molecule has 31 heavy (non-hydrogen) atoms. The molecule has 1 atom stereocenters. The van der Waals surface area contributed by atoms with Crippen molar-refractivity contribution in [3.8, 4) is 0 Å². The second kappa shape index (κ2) is 9.17. The standard InChI is InChI=1S/C21H22F3N3O3S/c1-4-26(3)15(28)11-14-12-31-20-25-18(21(22,23)24)16(19(29)30-5-2)17(27(14)20)13-9-7-6-8-10-13/h6-10,12,17H,4-5,11H2,1-3H3. The molecule has 1 amide bonds. The monoisotopic (exact) mass is 453 g/mol. The highest BCUT2D eigenvalue weighted by Crippen LogP contribution is 2.48. The van der Waals surface area contributed by atoms with Gasteiger partial charge in [0.2, 0.25) is 5.91 Å². The third-order valence-electron chi connectivity index (χ3n) is 4.92. The van der Waals surface area contributed by atoms with Crippen LogP contribution >= 0.6 is 11.8 Å². The van der Waals surface area contributed by atoms with Gasteiger partial charge in [-0.2, -0.15) is 13.2 Å². The number of esters is 1. The molecule has 0 aromatic heterocycles. The Morgan fingerprint density at radius 2 is 1.90 bits per heavy atom. The highest BCUT2D eigenvalue weighted by Gasteiger charge is 2.49. The molecule has 2 aliphatic rings. The van der Waals surface area contributed by atoms with Gasteiger partial charge in [0, 0.05) is 19.3 Å². The summed E-state index contributed by atoms with van der Waals surface area (Å²) in [5.74, 6) is -1.27. The Bertz CT molecular complexity index is 958. The van der Waals surface area contributed by atoms with Crippen molar-refractivity contribution in [1.82, 2.24) is 9.80 Å². The second-order valence-corrected chi connectivity index (χ2v) is 7.71. The number of nitrogens with zero attached hydrogens (tertiary/aromatic N) is 3. The molecule has 1 unspecified atom stereocenters. The number of allylic oxidation sites excluding steroid dienone is 1. The van der Waals surface area contributed by atoms with Gasteiger partial charge in [-0.1, -0.05) is 42.1 Å². The van der Waals surface area contributed by atoms with Crippen LogP contribution in [0.3, 0.4) is 0 Å². The molecule has 2 aliphatic heterocycles. The van der Waals surface area contributed by atoms with Crippen molar-refractivity contribution in [2.75, 3.05) is 20.2 Å². The summed E-state index contributed by atoms with van der Waals surface area (Å²) in [4.78, 5) is 32.1. The average molecular weight is 453 g/mol. The summed E-state index contributed by atoms with van der Waals surface area (Å²) in [5, 5.41) is 1.68. The predicted octanol–water partition coefficient (Wildman–Crippen LogP) is 4.24. The molecule has 6 nitrogen and oxygen atoms in total. The van der Waals surface area contributed by atoms with Crippen LogP contribution in [-0.2, 0) is 14.3 Å². The lowest BCUT2D eigenvalue weighted by molar-refractivity contribution is -0.140. The quantitative estimate of drug-likeness (QED) is 0.603. The number of hydrogen-bond acceptors (Lipinski definition) is 6. The van der Waals surface area contributed by atoms with Crippen LogP contribution in [0.2, 0.25) is 0 Å². The van der Waals surface area contributed by atoms with E-state index in [1.807, 2.05) is 6.92 Å². The predicted molar refractivity (Wildman–Crippen MR) is 112 cm³/mol. The molecule has 0 saturated heterocycles. The van der Waals surface area contributed by atoms with E-state index in [4.69, 9.17) is 4.74 Å². The lowest BCUT2D eigenvalue weighted by Gasteiger charge is -2.37. The number of amidine groups is 1. The number of hydrogen-bond donors (Lipinski definition) is 0. The Balaban J connectivity index is 2.15. The van der Waals surface area contributed by atoms with E-state index >= 15 is 0 Å². The number of alkyl halides is 3. The summed E-state index contributed by atoms with van der Waals surface area (Å²) in [6.45, 7) is 3.77. The normalized spacial score (nSPS) is 18.4. The molecule has 10 heteroatoms. The fourth-order valence-corrected chi connectivity index (χ4v) is 4.22. The van der Waals surface area contributed by atoms with Gasteiger partial charge < -0.3 is 14.5 Å². The van der Waals surface area contributed by atoms with Crippen molar-refractivity contribution >= 4 is 28.8 Å². The number of carbonyl (C=O) groups is 2. The number of benzene rings is 1. The largest absolute Gasteiger partial charge is 0.463 e. The molecule has 0 fully saturated rings. The SMILES string of the molecule is CCOC(=O)C1=C(C(F)(F)F)N=C2SC=C(CC(=O)N(C)CC)N2C1c1ccccc1. The van der Waals surface area contributed by atoms with Gasteiger partial charge in [0.15, 0.2) is 10.9 Å². The van der Waals surface area contributed by atoms with E-state index in [9.17, 15) is 22.8 Å². The van der Waals surface area contributed by atoms with Crippen molar-refractivity contribution in [3.05, 3.63) is 58.3 Å². The van der Waals surface area contributed by atoms with E-state index in [1.165, 1.54) is 16.7 Å². The molecular weight excluding hydrogens is 431 g/mol. The Labute approximate surface area is 182 Å². The molecule has 0 N–H and O–H groups in total. The van der Waals surface area contributed by atoms with E-state index in [1.54, 1.807) is 42.8 Å². The van der Waals surface area contributed by atoms with Crippen LogP contribution in [0.4, 0.5) is 13.2 Å². The van der Waals surface area contributed by atoms with E-state index in [-0.39, 0.29) is 24.1 Å². The van der Waals surface area contributed by atoms with Gasteiger partial charge in [-0.15, -0.1) is 0 Å². The fraction of sp³-hybridized carbons (Fsp3) is 0.381. The van der Waals surface area contributed by atoms with Gasteiger partial charge in [-0.25, -0.2) is 9.79 Å². The van der Waals surface area contributed by atoms with E-state index in [0.29, 0.717) is 17.8 Å². The topological polar surface area (TPSA) is 62.2 Å². The van der Waals surface area contributed by atoms with Gasteiger partial charge in [-0.3, -0.25) is 4.79 Å². The molecular formula is C21H22F3N3O3S. The summed E-state index contributed by atoms with van der Waals surface area (Å²) >= 11 is 0.998. The van der Waals surface area contributed by atoms with Crippen LogP contribution in [0.25, 0.3) is 0 Å². The minimum absolute atomic E-state index is 0.0306. The van der Waals surface area contributed by atoms with Crippen LogP contribution < -0.4 is 0 Å². The van der Waals surface area contributed by atoms with Crippen LogP contribution in [0, 0.1) is 0 Å². The zero-order valence-corrected chi connectivity index (χ0v) is 18.1. The maximum absolute atomic E-state index is 13.9.